The summed E-state index contributed by atoms with van der Waals surface area (Å²) in [6.07, 6.45) is 5.42. The van der Waals surface area contributed by atoms with E-state index in [2.05, 4.69) is 11.8 Å². The molecule has 1 saturated heterocycles. The molecule has 1 saturated carbocycles. The lowest BCUT2D eigenvalue weighted by atomic mass is 9.77. The number of rotatable bonds is 2. The lowest BCUT2D eigenvalue weighted by molar-refractivity contribution is 0.0697. The Labute approximate surface area is 107 Å². The van der Waals surface area contributed by atoms with Crippen LogP contribution < -0.4 is 4.90 Å². The summed E-state index contributed by atoms with van der Waals surface area (Å²) in [5.74, 6) is -0.840. The Morgan fingerprint density at radius 2 is 1.94 bits per heavy atom. The molecule has 1 aliphatic heterocycles. The number of benzene rings is 1. The largest absolute Gasteiger partial charge is 0.478 e. The van der Waals surface area contributed by atoms with E-state index in [4.69, 9.17) is 5.11 Å². The zero-order chi connectivity index (χ0) is 12.8. The van der Waals surface area contributed by atoms with Crippen molar-refractivity contribution in [2.75, 3.05) is 18.0 Å². The maximum atomic E-state index is 11.0. The third-order valence-corrected chi connectivity index (χ3v) is 4.51. The van der Waals surface area contributed by atoms with Crippen LogP contribution in [0, 0.1) is 12.3 Å². The van der Waals surface area contributed by atoms with Crippen LogP contribution >= 0.6 is 0 Å². The van der Waals surface area contributed by atoms with E-state index in [1.165, 1.54) is 31.2 Å². The molecule has 0 radical (unpaired) electrons. The molecule has 2 fully saturated rings. The number of aryl methyl sites for hydroxylation is 1. The van der Waals surface area contributed by atoms with Gasteiger partial charge in [0, 0.05) is 24.2 Å². The Bertz CT molecular complexity index is 481. The average molecular weight is 245 g/mol. The molecule has 18 heavy (non-hydrogen) atoms. The van der Waals surface area contributed by atoms with Gasteiger partial charge in [0.15, 0.2) is 0 Å². The average Bonchev–Trinajstić information content (AvgIpc) is 2.77. The van der Waals surface area contributed by atoms with Crippen LogP contribution in [0.25, 0.3) is 0 Å². The van der Waals surface area contributed by atoms with Crippen LogP contribution in [0.4, 0.5) is 5.69 Å². The van der Waals surface area contributed by atoms with Gasteiger partial charge in [0.1, 0.15) is 0 Å². The second-order valence-corrected chi connectivity index (χ2v) is 5.87. The highest BCUT2D eigenvalue weighted by Crippen LogP contribution is 2.47. The zero-order valence-electron chi connectivity index (χ0n) is 10.8. The van der Waals surface area contributed by atoms with Crippen LogP contribution in [0.5, 0.6) is 0 Å². The number of carboxylic acid groups (broad SMARTS) is 1. The predicted octanol–water partition coefficient (Wildman–Crippen LogP) is 3.07. The summed E-state index contributed by atoms with van der Waals surface area (Å²) < 4.78 is 0. The number of nitrogens with zero attached hydrogens (tertiary/aromatic N) is 1. The second kappa shape index (κ2) is 4.01. The van der Waals surface area contributed by atoms with Crippen molar-refractivity contribution in [2.45, 2.75) is 32.6 Å². The summed E-state index contributed by atoms with van der Waals surface area (Å²) in [6, 6.07) is 5.42. The molecule has 0 amide bonds. The first-order valence-electron chi connectivity index (χ1n) is 6.69. The van der Waals surface area contributed by atoms with Gasteiger partial charge >= 0.3 is 5.97 Å². The van der Waals surface area contributed by atoms with Gasteiger partial charge in [-0.1, -0.05) is 18.9 Å². The van der Waals surface area contributed by atoms with E-state index in [1.807, 2.05) is 12.1 Å². The fraction of sp³-hybridized carbons (Fsp3) is 0.533. The molecule has 0 aromatic heterocycles. The number of carboxylic acids is 1. The van der Waals surface area contributed by atoms with Crippen LogP contribution in [0.2, 0.25) is 0 Å². The van der Waals surface area contributed by atoms with E-state index >= 15 is 0 Å². The molecule has 0 unspecified atom stereocenters. The lowest BCUT2D eigenvalue weighted by Crippen LogP contribution is -2.55. The summed E-state index contributed by atoms with van der Waals surface area (Å²) >= 11 is 0. The number of aromatic carboxylic acids is 1. The first-order chi connectivity index (χ1) is 8.60. The minimum atomic E-state index is -0.840. The highest BCUT2D eigenvalue weighted by atomic mass is 16.4. The van der Waals surface area contributed by atoms with Crippen LogP contribution in [0.15, 0.2) is 18.2 Å². The fourth-order valence-corrected chi connectivity index (χ4v) is 3.46. The molecule has 3 heteroatoms. The molecule has 1 spiro atoms. The van der Waals surface area contributed by atoms with Gasteiger partial charge < -0.3 is 10.0 Å². The lowest BCUT2D eigenvalue weighted by Gasteiger charge is -2.50. The predicted molar refractivity (Wildman–Crippen MR) is 71.3 cm³/mol. The van der Waals surface area contributed by atoms with Crippen LogP contribution in [0.3, 0.4) is 0 Å². The summed E-state index contributed by atoms with van der Waals surface area (Å²) in [6.45, 7) is 4.27. The van der Waals surface area contributed by atoms with Crippen LogP contribution in [-0.4, -0.2) is 24.2 Å². The van der Waals surface area contributed by atoms with Crippen LogP contribution in [0.1, 0.15) is 41.6 Å². The molecule has 1 N–H and O–H groups in total. The van der Waals surface area contributed by atoms with Crippen molar-refractivity contribution in [2.24, 2.45) is 5.41 Å². The minimum absolute atomic E-state index is 0.392. The third-order valence-electron chi connectivity index (χ3n) is 4.51. The van der Waals surface area contributed by atoms with Crippen molar-refractivity contribution >= 4 is 11.7 Å². The Kier molecular flexibility index (Phi) is 2.58. The van der Waals surface area contributed by atoms with Crippen molar-refractivity contribution in [3.05, 3.63) is 29.3 Å². The highest BCUT2D eigenvalue weighted by Gasteiger charge is 2.44. The smallest absolute Gasteiger partial charge is 0.335 e. The van der Waals surface area contributed by atoms with E-state index < -0.39 is 5.97 Å². The maximum Gasteiger partial charge on any atom is 0.335 e. The number of hydrogen-bond acceptors (Lipinski definition) is 2. The number of carbonyl (C=O) groups is 1. The van der Waals surface area contributed by atoms with Gasteiger partial charge in [-0.25, -0.2) is 4.79 Å². The Morgan fingerprint density at radius 3 is 2.56 bits per heavy atom. The molecule has 1 aromatic carbocycles. The Morgan fingerprint density at radius 1 is 1.28 bits per heavy atom. The molecule has 3 nitrogen and oxygen atoms in total. The first-order valence-corrected chi connectivity index (χ1v) is 6.69. The van der Waals surface area contributed by atoms with Gasteiger partial charge in [0.25, 0.3) is 0 Å². The van der Waals surface area contributed by atoms with Crippen molar-refractivity contribution in [3.63, 3.8) is 0 Å². The summed E-state index contributed by atoms with van der Waals surface area (Å²) in [7, 11) is 0. The molecular weight excluding hydrogens is 226 g/mol. The monoisotopic (exact) mass is 245 g/mol. The van der Waals surface area contributed by atoms with Crippen molar-refractivity contribution in [1.29, 1.82) is 0 Å². The molecule has 96 valence electrons. The summed E-state index contributed by atoms with van der Waals surface area (Å²) in [5.41, 5.74) is 3.22. The van der Waals surface area contributed by atoms with Crippen molar-refractivity contribution in [3.8, 4) is 0 Å². The van der Waals surface area contributed by atoms with Crippen molar-refractivity contribution in [1.82, 2.24) is 0 Å². The minimum Gasteiger partial charge on any atom is -0.478 e. The molecule has 2 aliphatic rings. The van der Waals surface area contributed by atoms with Gasteiger partial charge in [-0.05, 0) is 37.5 Å². The van der Waals surface area contributed by atoms with E-state index in [0.717, 1.165) is 18.8 Å². The van der Waals surface area contributed by atoms with E-state index in [9.17, 15) is 4.79 Å². The molecule has 0 atom stereocenters. The number of hydrogen-bond donors (Lipinski definition) is 1. The molecule has 0 bridgehead atoms. The maximum absolute atomic E-state index is 11.0. The van der Waals surface area contributed by atoms with E-state index in [0.29, 0.717) is 11.0 Å². The standard InChI is InChI=1S/C15H19NO2/c1-11-4-5-12(14(17)18)8-13(11)16-9-15(10-16)6-2-3-7-15/h4-5,8H,2-3,6-7,9-10H2,1H3,(H,17,18). The molecule has 3 rings (SSSR count). The third kappa shape index (κ3) is 1.78. The summed E-state index contributed by atoms with van der Waals surface area (Å²) in [5, 5.41) is 9.06. The van der Waals surface area contributed by atoms with Gasteiger partial charge in [-0.3, -0.25) is 0 Å². The van der Waals surface area contributed by atoms with Crippen molar-refractivity contribution < 1.29 is 9.90 Å². The second-order valence-electron chi connectivity index (χ2n) is 5.87. The topological polar surface area (TPSA) is 40.5 Å². The molecule has 1 aliphatic carbocycles. The van der Waals surface area contributed by atoms with E-state index in [1.54, 1.807) is 6.07 Å². The Hall–Kier alpha value is -1.51. The van der Waals surface area contributed by atoms with Gasteiger partial charge in [0.05, 0.1) is 5.56 Å². The zero-order valence-corrected chi connectivity index (χ0v) is 10.8. The Balaban J connectivity index is 1.81. The van der Waals surface area contributed by atoms with Gasteiger partial charge in [0.2, 0.25) is 0 Å². The van der Waals surface area contributed by atoms with Gasteiger partial charge in [-0.15, -0.1) is 0 Å². The number of anilines is 1. The fourth-order valence-electron chi connectivity index (χ4n) is 3.46. The summed E-state index contributed by atoms with van der Waals surface area (Å²) in [4.78, 5) is 13.4. The highest BCUT2D eigenvalue weighted by molar-refractivity contribution is 5.89. The quantitative estimate of drug-likeness (QED) is 0.870. The molecule has 1 aromatic rings. The molecule has 1 heterocycles. The van der Waals surface area contributed by atoms with Gasteiger partial charge in [-0.2, -0.15) is 0 Å². The normalized spacial score (nSPS) is 21.1. The van der Waals surface area contributed by atoms with E-state index in [-0.39, 0.29) is 0 Å². The SMILES string of the molecule is Cc1ccc(C(=O)O)cc1N1CC2(CCCC2)C1. The first kappa shape index (κ1) is 11.6. The molecular formula is C15H19NO2. The van der Waals surface area contributed by atoms with Crippen LogP contribution in [-0.2, 0) is 0 Å².